The van der Waals surface area contributed by atoms with Gasteiger partial charge in [-0.1, -0.05) is 24.3 Å². The highest BCUT2D eigenvalue weighted by Gasteiger charge is 2.28. The number of benzene rings is 2. The fourth-order valence-electron chi connectivity index (χ4n) is 3.32. The molecule has 1 aliphatic rings. The van der Waals surface area contributed by atoms with Crippen LogP contribution >= 0.6 is 0 Å². The smallest absolute Gasteiger partial charge is 0.338 e. The van der Waals surface area contributed by atoms with Gasteiger partial charge in [0.25, 0.3) is 0 Å². The van der Waals surface area contributed by atoms with E-state index in [-0.39, 0.29) is 24.6 Å². The van der Waals surface area contributed by atoms with Gasteiger partial charge in [-0.15, -0.1) is 0 Å². The fourth-order valence-corrected chi connectivity index (χ4v) is 3.32. The van der Waals surface area contributed by atoms with E-state index >= 15 is 0 Å². The lowest BCUT2D eigenvalue weighted by Crippen LogP contribution is -2.36. The van der Waals surface area contributed by atoms with E-state index in [1.165, 1.54) is 14.2 Å². The lowest BCUT2D eigenvalue weighted by atomic mass is 9.94. The third-order valence-electron chi connectivity index (χ3n) is 4.47. The molecule has 0 fully saturated rings. The van der Waals surface area contributed by atoms with Crippen molar-refractivity contribution in [1.29, 1.82) is 0 Å². The Morgan fingerprint density at radius 1 is 1.19 bits per heavy atom. The molecule has 0 radical (unpaired) electrons. The second-order valence-corrected chi connectivity index (χ2v) is 6.52. The first-order chi connectivity index (χ1) is 13.0. The molecule has 1 aliphatic heterocycles. The highest BCUT2D eigenvalue weighted by atomic mass is 16.5. The average molecular weight is 369 g/mol. The van der Waals surface area contributed by atoms with Crippen LogP contribution in [0.15, 0.2) is 36.4 Å². The maximum Gasteiger partial charge on any atom is 0.338 e. The van der Waals surface area contributed by atoms with E-state index in [0.717, 1.165) is 28.0 Å². The van der Waals surface area contributed by atoms with Gasteiger partial charge in [0.1, 0.15) is 18.5 Å². The van der Waals surface area contributed by atoms with Crippen LogP contribution in [-0.2, 0) is 20.7 Å². The molecule has 2 aromatic rings. The zero-order valence-corrected chi connectivity index (χ0v) is 15.7. The molecular weight excluding hydrogens is 346 g/mol. The van der Waals surface area contributed by atoms with Crippen LogP contribution < -0.4 is 10.1 Å². The van der Waals surface area contributed by atoms with Crippen molar-refractivity contribution in [2.24, 2.45) is 0 Å². The summed E-state index contributed by atoms with van der Waals surface area (Å²) < 4.78 is 15.9. The van der Waals surface area contributed by atoms with Gasteiger partial charge in [0.2, 0.25) is 5.91 Å². The van der Waals surface area contributed by atoms with Crippen LogP contribution in [0, 0.1) is 6.92 Å². The van der Waals surface area contributed by atoms with Crippen molar-refractivity contribution in [3.63, 3.8) is 0 Å². The molecule has 1 atom stereocenters. The monoisotopic (exact) mass is 369 g/mol. The average Bonchev–Trinajstić information content (AvgIpc) is 3.08. The first-order valence-electron chi connectivity index (χ1n) is 8.77. The van der Waals surface area contributed by atoms with Crippen LogP contribution in [0.2, 0.25) is 0 Å². The summed E-state index contributed by atoms with van der Waals surface area (Å²) in [6.07, 6.45) is 0.532. The summed E-state index contributed by atoms with van der Waals surface area (Å²) in [5.74, 6) is 0.190. The van der Waals surface area contributed by atoms with Gasteiger partial charge in [-0.05, 0) is 35.7 Å². The quantitative estimate of drug-likeness (QED) is 0.792. The van der Waals surface area contributed by atoms with Crippen molar-refractivity contribution in [3.05, 3.63) is 53.1 Å². The van der Waals surface area contributed by atoms with E-state index in [1.54, 1.807) is 12.1 Å². The number of fused-ring (bicyclic) bond motifs is 1. The molecule has 0 aromatic heterocycles. The molecule has 1 N–H and O–H groups in total. The second kappa shape index (κ2) is 8.22. The van der Waals surface area contributed by atoms with Gasteiger partial charge in [0, 0.05) is 19.1 Å². The number of methoxy groups -OCH3 is 2. The minimum atomic E-state index is -0.387. The van der Waals surface area contributed by atoms with Gasteiger partial charge in [-0.2, -0.15) is 0 Å². The maximum atomic E-state index is 12.2. The maximum absolute atomic E-state index is 12.2. The van der Waals surface area contributed by atoms with E-state index in [1.807, 2.05) is 25.1 Å². The number of esters is 1. The molecule has 0 saturated heterocycles. The first-order valence-corrected chi connectivity index (χ1v) is 8.77. The number of carbonyl (C=O) groups excluding carboxylic acids is 2. The Morgan fingerprint density at radius 3 is 2.70 bits per heavy atom. The largest absolute Gasteiger partial charge is 0.487 e. The Labute approximate surface area is 158 Å². The SMILES string of the molecule is COCC(=O)NCC1Cc2cc(C)cc(-c3ccccc3C(=O)OC)c2O1. The normalized spacial score (nSPS) is 15.0. The molecule has 0 saturated carbocycles. The van der Waals surface area contributed by atoms with Crippen molar-refractivity contribution in [3.8, 4) is 16.9 Å². The van der Waals surface area contributed by atoms with E-state index in [4.69, 9.17) is 14.2 Å². The summed E-state index contributed by atoms with van der Waals surface area (Å²) in [5, 5.41) is 2.81. The van der Waals surface area contributed by atoms with E-state index in [0.29, 0.717) is 18.5 Å². The number of rotatable bonds is 6. The van der Waals surface area contributed by atoms with Crippen LogP contribution in [-0.4, -0.2) is 45.4 Å². The number of aryl methyl sites for hydroxylation is 1. The molecular formula is C21H23NO5. The molecule has 2 aromatic carbocycles. The number of carbonyl (C=O) groups is 2. The summed E-state index contributed by atoms with van der Waals surface area (Å²) in [7, 11) is 2.85. The third kappa shape index (κ3) is 4.11. The van der Waals surface area contributed by atoms with E-state index in [2.05, 4.69) is 11.4 Å². The molecule has 0 aliphatic carbocycles. The Kier molecular flexibility index (Phi) is 5.76. The van der Waals surface area contributed by atoms with Crippen LogP contribution in [0.25, 0.3) is 11.1 Å². The van der Waals surface area contributed by atoms with Gasteiger partial charge < -0.3 is 19.5 Å². The molecule has 1 unspecified atom stereocenters. The molecule has 27 heavy (non-hydrogen) atoms. The third-order valence-corrected chi connectivity index (χ3v) is 4.47. The summed E-state index contributed by atoms with van der Waals surface area (Å²) >= 11 is 0. The Bertz CT molecular complexity index is 862. The van der Waals surface area contributed by atoms with Crippen LogP contribution in [0.1, 0.15) is 21.5 Å². The van der Waals surface area contributed by atoms with E-state index < -0.39 is 0 Å². The number of nitrogens with one attached hydrogen (secondary N) is 1. The zero-order chi connectivity index (χ0) is 19.4. The van der Waals surface area contributed by atoms with Gasteiger partial charge >= 0.3 is 5.97 Å². The highest BCUT2D eigenvalue weighted by molar-refractivity contribution is 5.98. The Morgan fingerprint density at radius 2 is 1.96 bits per heavy atom. The van der Waals surface area contributed by atoms with Gasteiger partial charge in [0.05, 0.1) is 19.2 Å². The zero-order valence-electron chi connectivity index (χ0n) is 15.7. The predicted octanol–water partition coefficient (Wildman–Crippen LogP) is 2.51. The van der Waals surface area contributed by atoms with Crippen molar-refractivity contribution < 1.29 is 23.8 Å². The summed E-state index contributed by atoms with van der Waals surface area (Å²) in [6, 6.07) is 11.4. The lowest BCUT2D eigenvalue weighted by Gasteiger charge is -2.15. The van der Waals surface area contributed by atoms with Gasteiger partial charge in [-0.3, -0.25) is 4.79 Å². The number of hydrogen-bond acceptors (Lipinski definition) is 5. The van der Waals surface area contributed by atoms with Gasteiger partial charge in [0.15, 0.2) is 0 Å². The lowest BCUT2D eigenvalue weighted by molar-refractivity contribution is -0.125. The number of hydrogen-bond donors (Lipinski definition) is 1. The Balaban J connectivity index is 1.90. The second-order valence-electron chi connectivity index (χ2n) is 6.52. The molecule has 6 heteroatoms. The van der Waals surface area contributed by atoms with E-state index in [9.17, 15) is 9.59 Å². The summed E-state index contributed by atoms with van der Waals surface area (Å²) in [6.45, 7) is 2.43. The van der Waals surface area contributed by atoms with Crippen molar-refractivity contribution in [2.75, 3.05) is 27.4 Å². The molecule has 1 amide bonds. The minimum Gasteiger partial charge on any atom is -0.487 e. The molecule has 6 nitrogen and oxygen atoms in total. The summed E-state index contributed by atoms with van der Waals surface area (Å²) in [5.41, 5.74) is 4.27. The van der Waals surface area contributed by atoms with Crippen molar-refractivity contribution >= 4 is 11.9 Å². The molecule has 0 bridgehead atoms. The minimum absolute atomic E-state index is 0.0243. The highest BCUT2D eigenvalue weighted by Crippen LogP contribution is 2.41. The van der Waals surface area contributed by atoms with Crippen molar-refractivity contribution in [2.45, 2.75) is 19.4 Å². The van der Waals surface area contributed by atoms with Crippen molar-refractivity contribution in [1.82, 2.24) is 5.32 Å². The molecule has 142 valence electrons. The number of ether oxygens (including phenoxy) is 3. The predicted molar refractivity (Wildman–Crippen MR) is 101 cm³/mol. The van der Waals surface area contributed by atoms with Crippen LogP contribution in [0.4, 0.5) is 0 Å². The summed E-state index contributed by atoms with van der Waals surface area (Å²) in [4.78, 5) is 23.8. The standard InChI is InChI=1S/C21H23NO5/c1-13-8-14-10-15(11-22-19(23)12-25-2)27-20(14)18(9-13)16-6-4-5-7-17(16)21(24)26-3/h4-9,15H,10-12H2,1-3H3,(H,22,23). The first kappa shape index (κ1) is 18.9. The topological polar surface area (TPSA) is 73.9 Å². The van der Waals surface area contributed by atoms with Crippen LogP contribution in [0.3, 0.4) is 0 Å². The molecule has 3 rings (SSSR count). The number of amides is 1. The van der Waals surface area contributed by atoms with Crippen LogP contribution in [0.5, 0.6) is 5.75 Å². The fraction of sp³-hybridized carbons (Fsp3) is 0.333. The molecule has 0 spiro atoms. The molecule has 1 heterocycles. The van der Waals surface area contributed by atoms with Gasteiger partial charge in [-0.25, -0.2) is 4.79 Å². The Hall–Kier alpha value is -2.86.